The second-order valence-electron chi connectivity index (χ2n) is 5.38. The Morgan fingerprint density at radius 2 is 1.92 bits per heavy atom. The molecule has 1 aromatic heterocycles. The third-order valence-electron chi connectivity index (χ3n) is 3.33. The van der Waals surface area contributed by atoms with Gasteiger partial charge in [0.15, 0.2) is 0 Å². The van der Waals surface area contributed by atoms with Crippen molar-refractivity contribution in [1.82, 2.24) is 15.2 Å². The van der Waals surface area contributed by atoms with Gasteiger partial charge in [0.2, 0.25) is 0 Å². The average molecular weight is 419 g/mol. The van der Waals surface area contributed by atoms with Crippen molar-refractivity contribution in [2.75, 3.05) is 19.4 Å². The molecule has 2 aromatic rings. The van der Waals surface area contributed by atoms with Gasteiger partial charge in [0.1, 0.15) is 5.49 Å². The molecule has 0 aliphatic heterocycles. The summed E-state index contributed by atoms with van der Waals surface area (Å²) < 4.78 is 0. The van der Waals surface area contributed by atoms with Gasteiger partial charge in [-0.05, 0) is 29.8 Å². The lowest BCUT2D eigenvalue weighted by molar-refractivity contribution is 0.0949. The van der Waals surface area contributed by atoms with Gasteiger partial charge in [0.05, 0.1) is 10.6 Å². The number of anilines is 1. The molecule has 0 spiro atoms. The summed E-state index contributed by atoms with van der Waals surface area (Å²) in [4.78, 5) is 28.2. The first-order chi connectivity index (χ1) is 11.8. The SMILES string of the molecule is CN(C)C(=O)Nc1ccc(Cl)cc1CNC(=O)c1c(Cl)cc[nH]c1=N.Cl. The maximum Gasteiger partial charge on any atom is 0.321 e. The number of benzene rings is 1. The molecule has 0 unspecified atom stereocenters. The lowest BCUT2D eigenvalue weighted by atomic mass is 10.1. The molecule has 26 heavy (non-hydrogen) atoms. The monoisotopic (exact) mass is 417 g/mol. The lowest BCUT2D eigenvalue weighted by Crippen LogP contribution is -2.31. The zero-order valence-corrected chi connectivity index (χ0v) is 16.4. The van der Waals surface area contributed by atoms with Gasteiger partial charge < -0.3 is 20.5 Å². The van der Waals surface area contributed by atoms with E-state index in [1.54, 1.807) is 32.3 Å². The van der Waals surface area contributed by atoms with E-state index in [0.29, 0.717) is 16.3 Å². The van der Waals surface area contributed by atoms with Crippen LogP contribution in [0.5, 0.6) is 0 Å². The second-order valence-corrected chi connectivity index (χ2v) is 6.23. The molecule has 7 nitrogen and oxygen atoms in total. The molecule has 4 N–H and O–H groups in total. The summed E-state index contributed by atoms with van der Waals surface area (Å²) in [5.74, 6) is -0.503. The van der Waals surface area contributed by atoms with Crippen LogP contribution in [0.15, 0.2) is 30.5 Å². The van der Waals surface area contributed by atoms with E-state index in [9.17, 15) is 9.59 Å². The number of rotatable bonds is 4. The third kappa shape index (κ3) is 5.39. The molecule has 140 valence electrons. The Labute approximate surface area is 166 Å². The van der Waals surface area contributed by atoms with Crippen molar-refractivity contribution in [2.24, 2.45) is 0 Å². The maximum atomic E-state index is 12.3. The summed E-state index contributed by atoms with van der Waals surface area (Å²) in [6, 6.07) is 6.14. The number of amides is 3. The zero-order chi connectivity index (χ0) is 18.6. The van der Waals surface area contributed by atoms with Crippen molar-refractivity contribution in [3.63, 3.8) is 0 Å². The van der Waals surface area contributed by atoms with E-state index in [1.807, 2.05) is 0 Å². The standard InChI is InChI=1S/C16H17Cl2N5O2.ClH/c1-23(2)16(25)22-12-4-3-10(17)7-9(12)8-21-15(24)13-11(18)5-6-20-14(13)19;/h3-7H,8H2,1-2H3,(H2,19,20)(H,21,24)(H,22,25);1H. The van der Waals surface area contributed by atoms with E-state index < -0.39 is 5.91 Å². The highest BCUT2D eigenvalue weighted by atomic mass is 35.5. The van der Waals surface area contributed by atoms with E-state index in [1.165, 1.54) is 17.2 Å². The lowest BCUT2D eigenvalue weighted by Gasteiger charge is -2.16. The first-order valence-electron chi connectivity index (χ1n) is 7.26. The highest BCUT2D eigenvalue weighted by Crippen LogP contribution is 2.21. The van der Waals surface area contributed by atoms with Crippen LogP contribution in [0.25, 0.3) is 0 Å². The molecule has 0 aliphatic carbocycles. The Bertz CT molecular complexity index is 867. The van der Waals surface area contributed by atoms with Crippen LogP contribution in [0.1, 0.15) is 15.9 Å². The molecule has 0 fully saturated rings. The number of pyridine rings is 1. The van der Waals surface area contributed by atoms with Gasteiger partial charge in [-0.25, -0.2) is 4.79 Å². The van der Waals surface area contributed by atoms with Crippen LogP contribution < -0.4 is 16.1 Å². The van der Waals surface area contributed by atoms with Crippen LogP contribution in [0.3, 0.4) is 0 Å². The molecule has 0 aliphatic rings. The third-order valence-corrected chi connectivity index (χ3v) is 3.88. The summed E-state index contributed by atoms with van der Waals surface area (Å²) in [6.45, 7) is 0.104. The van der Waals surface area contributed by atoms with Gasteiger partial charge in [-0.3, -0.25) is 10.2 Å². The number of halogens is 3. The molecule has 0 saturated heterocycles. The van der Waals surface area contributed by atoms with Crippen LogP contribution in [-0.2, 0) is 6.54 Å². The van der Waals surface area contributed by atoms with Crippen LogP contribution in [0, 0.1) is 5.41 Å². The zero-order valence-electron chi connectivity index (χ0n) is 14.0. The normalized spacial score (nSPS) is 9.85. The van der Waals surface area contributed by atoms with E-state index >= 15 is 0 Å². The summed E-state index contributed by atoms with van der Waals surface area (Å²) in [5.41, 5.74) is 1.11. The molecule has 1 heterocycles. The molecular formula is C16H18Cl3N5O2. The number of aromatic nitrogens is 1. The first kappa shape index (κ1) is 21.8. The fraction of sp³-hybridized carbons (Fsp3) is 0.188. The molecule has 0 bridgehead atoms. The van der Waals surface area contributed by atoms with Gasteiger partial charge in [0, 0.05) is 37.5 Å². The number of aromatic amines is 1. The first-order valence-corrected chi connectivity index (χ1v) is 8.02. The van der Waals surface area contributed by atoms with Gasteiger partial charge in [0.25, 0.3) is 5.91 Å². The Balaban J connectivity index is 0.00000338. The fourth-order valence-corrected chi connectivity index (χ4v) is 2.45. The van der Waals surface area contributed by atoms with E-state index in [0.717, 1.165) is 0 Å². The Morgan fingerprint density at radius 1 is 1.23 bits per heavy atom. The van der Waals surface area contributed by atoms with Crippen LogP contribution >= 0.6 is 35.6 Å². The summed E-state index contributed by atoms with van der Waals surface area (Å²) >= 11 is 12.0. The predicted molar refractivity (Wildman–Crippen MR) is 104 cm³/mol. The minimum absolute atomic E-state index is 0. The number of urea groups is 1. The molecular weight excluding hydrogens is 401 g/mol. The van der Waals surface area contributed by atoms with Crippen molar-refractivity contribution in [3.8, 4) is 0 Å². The second kappa shape index (κ2) is 9.47. The number of H-pyrrole nitrogens is 1. The van der Waals surface area contributed by atoms with Gasteiger partial charge in [-0.15, -0.1) is 12.4 Å². The smallest absolute Gasteiger partial charge is 0.321 e. The Kier molecular flexibility index (Phi) is 7.95. The molecule has 3 amide bonds. The number of carbonyl (C=O) groups excluding carboxylic acids is 2. The quantitative estimate of drug-likeness (QED) is 0.612. The van der Waals surface area contributed by atoms with Crippen molar-refractivity contribution in [1.29, 1.82) is 5.41 Å². The molecule has 0 saturated carbocycles. The highest BCUT2D eigenvalue weighted by Gasteiger charge is 2.14. The summed E-state index contributed by atoms with van der Waals surface area (Å²) in [5, 5.41) is 13.8. The largest absolute Gasteiger partial charge is 0.348 e. The van der Waals surface area contributed by atoms with E-state index in [-0.39, 0.29) is 41.1 Å². The van der Waals surface area contributed by atoms with Crippen LogP contribution in [0.4, 0.5) is 10.5 Å². The maximum absolute atomic E-state index is 12.3. The molecule has 1 aromatic carbocycles. The van der Waals surface area contributed by atoms with Crippen molar-refractivity contribution < 1.29 is 9.59 Å². The Morgan fingerprint density at radius 3 is 2.54 bits per heavy atom. The Hall–Kier alpha value is -2.22. The van der Waals surface area contributed by atoms with E-state index in [2.05, 4.69) is 15.6 Å². The predicted octanol–water partition coefficient (Wildman–Crippen LogP) is 3.25. The summed E-state index contributed by atoms with van der Waals surface area (Å²) in [7, 11) is 3.24. The highest BCUT2D eigenvalue weighted by molar-refractivity contribution is 6.33. The minimum atomic E-state index is -0.503. The molecule has 0 radical (unpaired) electrons. The number of hydrogen-bond donors (Lipinski definition) is 4. The van der Waals surface area contributed by atoms with Crippen molar-refractivity contribution in [3.05, 3.63) is 57.1 Å². The number of nitrogens with one attached hydrogen (secondary N) is 4. The molecule has 10 heteroatoms. The van der Waals surface area contributed by atoms with Gasteiger partial charge >= 0.3 is 6.03 Å². The number of nitrogens with zero attached hydrogens (tertiary/aromatic N) is 1. The van der Waals surface area contributed by atoms with Crippen molar-refractivity contribution >= 4 is 53.2 Å². The van der Waals surface area contributed by atoms with Gasteiger partial charge in [-0.2, -0.15) is 0 Å². The minimum Gasteiger partial charge on any atom is -0.348 e. The van der Waals surface area contributed by atoms with Crippen LogP contribution in [0.2, 0.25) is 10.0 Å². The summed E-state index contributed by atoms with van der Waals surface area (Å²) in [6.07, 6.45) is 1.48. The van der Waals surface area contributed by atoms with Crippen molar-refractivity contribution in [2.45, 2.75) is 6.54 Å². The topological polar surface area (TPSA) is 101 Å². The molecule has 0 atom stereocenters. The number of hydrogen-bond acceptors (Lipinski definition) is 3. The average Bonchev–Trinajstić information content (AvgIpc) is 2.54. The van der Waals surface area contributed by atoms with Crippen LogP contribution in [-0.4, -0.2) is 35.9 Å². The van der Waals surface area contributed by atoms with Gasteiger partial charge in [-0.1, -0.05) is 23.2 Å². The molecule has 2 rings (SSSR count). The fourth-order valence-electron chi connectivity index (χ4n) is 2.02. The van der Waals surface area contributed by atoms with E-state index in [4.69, 9.17) is 28.6 Å². The number of carbonyl (C=O) groups is 2.